The van der Waals surface area contributed by atoms with E-state index in [0.717, 1.165) is 12.8 Å². The molecule has 2 rings (SSSR count). The molecule has 1 aliphatic carbocycles. The van der Waals surface area contributed by atoms with Gasteiger partial charge in [-0.05, 0) is 31.2 Å². The van der Waals surface area contributed by atoms with Crippen LogP contribution < -0.4 is 5.73 Å². The van der Waals surface area contributed by atoms with E-state index in [2.05, 4.69) is 0 Å². The molecule has 0 radical (unpaired) electrons. The zero-order valence-corrected chi connectivity index (χ0v) is 8.19. The first kappa shape index (κ1) is 10.5. The van der Waals surface area contributed by atoms with Crippen molar-refractivity contribution in [3.05, 3.63) is 35.1 Å². The van der Waals surface area contributed by atoms with E-state index >= 15 is 0 Å². The predicted molar refractivity (Wildman–Crippen MR) is 50.7 cm³/mol. The molecule has 0 saturated heterocycles. The van der Waals surface area contributed by atoms with Crippen molar-refractivity contribution in [3.63, 3.8) is 0 Å². The number of hydrogen-bond acceptors (Lipinski definition) is 1. The second kappa shape index (κ2) is 3.52. The first-order valence-electron chi connectivity index (χ1n) is 4.90. The summed E-state index contributed by atoms with van der Waals surface area (Å²) in [7, 11) is 0. The molecule has 15 heavy (non-hydrogen) atoms. The van der Waals surface area contributed by atoms with Crippen molar-refractivity contribution in [2.45, 2.75) is 19.3 Å². The fourth-order valence-electron chi connectivity index (χ4n) is 1.75. The standard InChI is InChI=1S/C11H12F3N/c12-7-3-9(13)8(10(14)4-7)5-11(6-15)1-2-11/h3-4H,1-2,5-6,15H2. The van der Waals surface area contributed by atoms with Crippen molar-refractivity contribution in [2.24, 2.45) is 11.1 Å². The van der Waals surface area contributed by atoms with Gasteiger partial charge in [-0.3, -0.25) is 0 Å². The minimum atomic E-state index is -0.883. The van der Waals surface area contributed by atoms with Crippen LogP contribution in [0.1, 0.15) is 18.4 Å². The summed E-state index contributed by atoms with van der Waals surface area (Å²) in [6.45, 7) is 0.420. The molecule has 0 aliphatic heterocycles. The molecule has 1 nitrogen and oxygen atoms in total. The summed E-state index contributed by atoms with van der Waals surface area (Å²) in [5.41, 5.74) is 5.33. The Kier molecular flexibility index (Phi) is 2.46. The molecule has 0 amide bonds. The lowest BCUT2D eigenvalue weighted by Crippen LogP contribution is -2.19. The normalized spacial score (nSPS) is 17.9. The summed E-state index contributed by atoms with van der Waals surface area (Å²) in [6, 6.07) is 1.43. The Hall–Kier alpha value is -1.03. The summed E-state index contributed by atoms with van der Waals surface area (Å²) in [5.74, 6) is -2.51. The highest BCUT2D eigenvalue weighted by Gasteiger charge is 2.42. The van der Waals surface area contributed by atoms with Gasteiger partial charge in [0.2, 0.25) is 0 Å². The van der Waals surface area contributed by atoms with Crippen molar-refractivity contribution >= 4 is 0 Å². The molecule has 1 saturated carbocycles. The van der Waals surface area contributed by atoms with Gasteiger partial charge in [-0.25, -0.2) is 13.2 Å². The highest BCUT2D eigenvalue weighted by Crippen LogP contribution is 2.47. The van der Waals surface area contributed by atoms with Gasteiger partial charge in [0, 0.05) is 17.7 Å². The quantitative estimate of drug-likeness (QED) is 0.823. The fourth-order valence-corrected chi connectivity index (χ4v) is 1.75. The van der Waals surface area contributed by atoms with E-state index in [-0.39, 0.29) is 17.4 Å². The Morgan fingerprint density at radius 3 is 2.07 bits per heavy atom. The molecule has 0 spiro atoms. The van der Waals surface area contributed by atoms with Crippen LogP contribution in [0.25, 0.3) is 0 Å². The summed E-state index contributed by atoms with van der Waals surface area (Å²) >= 11 is 0. The Morgan fingerprint density at radius 2 is 1.67 bits per heavy atom. The summed E-state index contributed by atoms with van der Waals surface area (Å²) in [6.07, 6.45) is 2.04. The van der Waals surface area contributed by atoms with Crippen LogP contribution in [0.15, 0.2) is 12.1 Å². The van der Waals surface area contributed by atoms with Crippen molar-refractivity contribution in [1.82, 2.24) is 0 Å². The maximum absolute atomic E-state index is 13.3. The molecule has 0 bridgehead atoms. The lowest BCUT2D eigenvalue weighted by molar-refractivity contribution is 0.465. The van der Waals surface area contributed by atoms with E-state index in [1.165, 1.54) is 0 Å². The van der Waals surface area contributed by atoms with Crippen LogP contribution in [0.3, 0.4) is 0 Å². The maximum atomic E-state index is 13.3. The highest BCUT2D eigenvalue weighted by molar-refractivity contribution is 5.23. The third-order valence-electron chi connectivity index (χ3n) is 3.05. The van der Waals surface area contributed by atoms with Gasteiger partial charge < -0.3 is 5.73 Å². The monoisotopic (exact) mass is 215 g/mol. The molecule has 0 unspecified atom stereocenters. The van der Waals surface area contributed by atoms with Gasteiger partial charge in [0.25, 0.3) is 0 Å². The molecule has 1 aromatic rings. The van der Waals surface area contributed by atoms with Gasteiger partial charge in [0.05, 0.1) is 0 Å². The molecule has 0 atom stereocenters. The smallest absolute Gasteiger partial charge is 0.132 e. The largest absolute Gasteiger partial charge is 0.330 e. The van der Waals surface area contributed by atoms with Crippen LogP contribution >= 0.6 is 0 Å². The lowest BCUT2D eigenvalue weighted by atomic mass is 9.96. The minimum absolute atomic E-state index is 0.0423. The third kappa shape index (κ3) is 2.00. The van der Waals surface area contributed by atoms with E-state index < -0.39 is 17.5 Å². The molecule has 1 fully saturated rings. The van der Waals surface area contributed by atoms with E-state index in [0.29, 0.717) is 18.7 Å². The molecule has 0 aromatic heterocycles. The van der Waals surface area contributed by atoms with Gasteiger partial charge in [0.1, 0.15) is 17.5 Å². The van der Waals surface area contributed by atoms with Crippen molar-refractivity contribution in [2.75, 3.05) is 6.54 Å². The van der Waals surface area contributed by atoms with Crippen LogP contribution in [0.2, 0.25) is 0 Å². The van der Waals surface area contributed by atoms with Crippen molar-refractivity contribution < 1.29 is 13.2 Å². The van der Waals surface area contributed by atoms with Gasteiger partial charge in [-0.15, -0.1) is 0 Å². The van der Waals surface area contributed by atoms with Gasteiger partial charge in [-0.2, -0.15) is 0 Å². The zero-order chi connectivity index (χ0) is 11.1. The average molecular weight is 215 g/mol. The average Bonchev–Trinajstić information content (AvgIpc) is 2.92. The maximum Gasteiger partial charge on any atom is 0.132 e. The summed E-state index contributed by atoms with van der Waals surface area (Å²) in [4.78, 5) is 0. The molecular weight excluding hydrogens is 203 g/mol. The second-order valence-corrected chi connectivity index (χ2v) is 4.23. The van der Waals surface area contributed by atoms with E-state index in [9.17, 15) is 13.2 Å². The number of halogens is 3. The first-order chi connectivity index (χ1) is 7.06. The SMILES string of the molecule is NCC1(Cc2c(F)cc(F)cc2F)CC1. The van der Waals surface area contributed by atoms with Gasteiger partial charge in [0.15, 0.2) is 0 Å². The Balaban J connectivity index is 2.28. The Labute approximate surface area is 86.1 Å². The molecule has 1 aromatic carbocycles. The predicted octanol–water partition coefficient (Wildman–Crippen LogP) is 2.39. The van der Waals surface area contributed by atoms with Crippen molar-refractivity contribution in [1.29, 1.82) is 0 Å². The number of nitrogens with two attached hydrogens (primary N) is 1. The molecule has 4 heteroatoms. The molecular formula is C11H12F3N. The zero-order valence-electron chi connectivity index (χ0n) is 8.19. The number of rotatable bonds is 3. The number of hydrogen-bond donors (Lipinski definition) is 1. The van der Waals surface area contributed by atoms with Crippen LogP contribution in [0, 0.1) is 22.9 Å². The van der Waals surface area contributed by atoms with Gasteiger partial charge >= 0.3 is 0 Å². The molecule has 82 valence electrons. The second-order valence-electron chi connectivity index (χ2n) is 4.23. The lowest BCUT2D eigenvalue weighted by Gasteiger charge is -2.13. The summed E-state index contributed by atoms with van der Waals surface area (Å²) < 4.78 is 39.2. The van der Waals surface area contributed by atoms with E-state index in [1.54, 1.807) is 0 Å². The molecule has 2 N–H and O–H groups in total. The third-order valence-corrected chi connectivity index (χ3v) is 3.05. The topological polar surface area (TPSA) is 26.0 Å². The van der Waals surface area contributed by atoms with Crippen LogP contribution in [-0.4, -0.2) is 6.54 Å². The molecule has 0 heterocycles. The van der Waals surface area contributed by atoms with E-state index in [4.69, 9.17) is 5.73 Å². The van der Waals surface area contributed by atoms with Crippen LogP contribution in [0.4, 0.5) is 13.2 Å². The molecule has 1 aliphatic rings. The van der Waals surface area contributed by atoms with Crippen molar-refractivity contribution in [3.8, 4) is 0 Å². The summed E-state index contributed by atoms with van der Waals surface area (Å²) in [5, 5.41) is 0. The fraction of sp³-hybridized carbons (Fsp3) is 0.455. The minimum Gasteiger partial charge on any atom is -0.330 e. The van der Waals surface area contributed by atoms with Crippen LogP contribution in [-0.2, 0) is 6.42 Å². The highest BCUT2D eigenvalue weighted by atomic mass is 19.1. The number of benzene rings is 1. The Bertz CT molecular complexity index is 362. The van der Waals surface area contributed by atoms with Gasteiger partial charge in [-0.1, -0.05) is 0 Å². The van der Waals surface area contributed by atoms with Crippen LogP contribution in [0.5, 0.6) is 0 Å². The van der Waals surface area contributed by atoms with E-state index in [1.807, 2.05) is 0 Å². The first-order valence-corrected chi connectivity index (χ1v) is 4.90. The Morgan fingerprint density at radius 1 is 1.13 bits per heavy atom.